The molecule has 9 rings (SSSR count). The van der Waals surface area contributed by atoms with E-state index in [2.05, 4.69) is 60.5 Å². The molecule has 8 N–H and O–H groups in total. The molecule has 4 heterocycles. The van der Waals surface area contributed by atoms with Gasteiger partial charge in [0.05, 0.1) is 28.4 Å². The van der Waals surface area contributed by atoms with Crippen LogP contribution in [0.4, 0.5) is 45.5 Å². The average Bonchev–Trinajstić information content (AvgIpc) is 3.26. The van der Waals surface area contributed by atoms with Crippen LogP contribution in [0.5, 0.6) is 23.0 Å². The Bertz CT molecular complexity index is 4300. The lowest BCUT2D eigenvalue weighted by Crippen LogP contribution is -2.23. The number of benzene rings is 5. The van der Waals surface area contributed by atoms with E-state index in [9.17, 15) is 51.9 Å². The molecule has 2 aromatic heterocycles. The van der Waals surface area contributed by atoms with Gasteiger partial charge in [-0.1, -0.05) is 23.2 Å². The zero-order valence-electron chi connectivity index (χ0n) is 34.1. The molecule has 0 radical (unpaired) electrons. The van der Waals surface area contributed by atoms with Crippen LogP contribution in [-0.4, -0.2) is 81.8 Å². The molecule has 7 aromatic rings. The molecule has 0 unspecified atom stereocenters. The summed E-state index contributed by atoms with van der Waals surface area (Å²) in [5.74, 6) is -2.27. The second-order valence-corrected chi connectivity index (χ2v) is 21.9. The van der Waals surface area contributed by atoms with Gasteiger partial charge in [-0.15, -0.1) is 0 Å². The molecule has 5 aromatic carbocycles. The fourth-order valence-corrected chi connectivity index (χ4v) is 10.7. The van der Waals surface area contributed by atoms with Crippen molar-refractivity contribution in [2.75, 3.05) is 10.6 Å². The molecular weight excluding hydrogens is 1170 g/mol. The highest BCUT2D eigenvalue weighted by Gasteiger charge is 2.35. The molecule has 2 aliphatic rings. The first-order valence-electron chi connectivity index (χ1n) is 18.7. The highest BCUT2D eigenvalue weighted by Crippen LogP contribution is 2.49. The van der Waals surface area contributed by atoms with Crippen molar-refractivity contribution in [3.63, 3.8) is 0 Å². The summed E-state index contributed by atoms with van der Waals surface area (Å²) in [7, 11) is -20.8. The minimum atomic E-state index is -5.37. The maximum absolute atomic E-state index is 13.1. The zero-order valence-corrected chi connectivity index (χ0v) is 41.9. The molecule has 0 atom stereocenters. The van der Waals surface area contributed by atoms with Gasteiger partial charge in [0, 0.05) is 5.69 Å². The van der Waals surface area contributed by atoms with Gasteiger partial charge in [-0.2, -0.15) is 53.6 Å². The van der Waals surface area contributed by atoms with E-state index in [1.54, 1.807) is 0 Å². The molecule has 0 spiro atoms. The van der Waals surface area contributed by atoms with Gasteiger partial charge < -0.3 is 20.1 Å². The summed E-state index contributed by atoms with van der Waals surface area (Å²) in [4.78, 5) is 33.2. The number of aromatic amines is 2. The topological polar surface area (TPSA) is 393 Å². The number of aromatic nitrogens is 6. The minimum Gasteiger partial charge on any atom is -0.450 e. The van der Waals surface area contributed by atoms with Crippen molar-refractivity contribution < 1.29 is 61.4 Å². The third kappa shape index (κ3) is 10.3. The maximum atomic E-state index is 13.1. The second kappa shape index (κ2) is 18.4. The van der Waals surface area contributed by atoms with E-state index >= 15 is 0 Å². The summed E-state index contributed by atoms with van der Waals surface area (Å²) < 4.78 is 156. The van der Waals surface area contributed by atoms with Crippen LogP contribution < -0.4 is 42.1 Å². The first-order chi connectivity index (χ1) is 33.6. The van der Waals surface area contributed by atoms with Gasteiger partial charge in [-0.05, 0) is 107 Å². The maximum Gasteiger partial charge on any atom is 0.300 e. The molecule has 0 aliphatic carbocycles. The van der Waals surface area contributed by atoms with Crippen LogP contribution in [0.2, 0.25) is 31.2 Å². The van der Waals surface area contributed by atoms with Crippen molar-refractivity contribution in [2.24, 2.45) is 20.0 Å². The Morgan fingerprint density at radius 3 is 1.42 bits per heavy atom. The zero-order chi connectivity index (χ0) is 52.0. The number of ether oxygens (including phenoxy) is 2. The predicted octanol–water partition coefficient (Wildman–Crippen LogP) is 6.90. The molecule has 0 amide bonds. The van der Waals surface area contributed by atoms with Gasteiger partial charge in [0.1, 0.15) is 46.8 Å². The fraction of sp³-hybridized carbons (Fsp3) is 0. The van der Waals surface area contributed by atoms with Crippen LogP contribution in [0.25, 0.3) is 0 Å². The van der Waals surface area contributed by atoms with Crippen LogP contribution >= 0.6 is 69.6 Å². The van der Waals surface area contributed by atoms with E-state index in [1.165, 1.54) is 12.1 Å². The first-order valence-corrected chi connectivity index (χ1v) is 26.7. The van der Waals surface area contributed by atoms with Crippen molar-refractivity contribution in [1.82, 2.24) is 29.9 Å². The van der Waals surface area contributed by atoms with Crippen LogP contribution in [0, 0.1) is 0 Å². The highest BCUT2D eigenvalue weighted by molar-refractivity contribution is 7.86. The third-order valence-corrected chi connectivity index (χ3v) is 14.5. The third-order valence-electron chi connectivity index (χ3n) is 9.49. The van der Waals surface area contributed by atoms with Crippen LogP contribution in [-0.2, 0) is 40.5 Å². The summed E-state index contributed by atoms with van der Waals surface area (Å²) >= 11 is 36.9. The molecule has 372 valence electrons. The standard InChI is InChI=1S/C36H18Cl6N12O14S4/c37-22-24-29(68-27-16(47-24)5-6-17(30(27)72(64,65)66)46-15-4-2-12(9-20(15)70(58,59)60)45-36-53-33(41)50-34(42)54-36)23(38)25-28(22)67-26-18(48-25)7-13(10-21(26)71(61,62)63)43-14-3-1-11(8-19(14)69(55,56)57)44-35-51-31(39)49-32(40)52-35/h1-10,43,46H,(H,55,56,57)(H,58,59,60)(H,61,62,63)(H,64,65,66)(H,44,49,51,52)(H,45,50,53,54). The lowest BCUT2D eigenvalue weighted by Gasteiger charge is -2.24. The van der Waals surface area contributed by atoms with Gasteiger partial charge in [-0.3, -0.25) is 28.2 Å². The van der Waals surface area contributed by atoms with E-state index in [1.807, 2.05) is 0 Å². The Kier molecular flexibility index (Phi) is 13.0. The first kappa shape index (κ1) is 50.8. The van der Waals surface area contributed by atoms with Crippen molar-refractivity contribution in [3.05, 3.63) is 114 Å². The van der Waals surface area contributed by atoms with Gasteiger partial charge in [-0.25, -0.2) is 20.0 Å². The normalized spacial score (nSPS) is 13.6. The number of hydrogen-bond acceptors (Lipinski definition) is 20. The summed E-state index contributed by atoms with van der Waals surface area (Å²) in [6, 6.07) is 10.6. The molecule has 0 saturated heterocycles. The molecule has 0 saturated carbocycles. The van der Waals surface area contributed by atoms with E-state index < -0.39 is 116 Å². The predicted molar refractivity (Wildman–Crippen MR) is 253 cm³/mol. The Morgan fingerprint density at radius 1 is 0.486 bits per heavy atom. The Balaban J connectivity index is 1.13. The largest absolute Gasteiger partial charge is 0.450 e. The van der Waals surface area contributed by atoms with Gasteiger partial charge in [0.2, 0.25) is 32.4 Å². The average molecular weight is 1180 g/mol. The number of nitrogens with zero attached hydrogens (tertiary/aromatic N) is 8. The van der Waals surface area contributed by atoms with Gasteiger partial charge >= 0.3 is 0 Å². The van der Waals surface area contributed by atoms with Crippen molar-refractivity contribution >= 4 is 156 Å². The molecule has 72 heavy (non-hydrogen) atoms. The highest BCUT2D eigenvalue weighted by atomic mass is 35.5. The molecular formula is C36H18Cl6N12O14S4. The van der Waals surface area contributed by atoms with E-state index in [0.717, 1.165) is 48.5 Å². The SMILES string of the molecule is O=S(=O)(O)c1cc(N=c2nc(Cl)nc(Cl)[nH]2)ccc1Nc1cc2c(c(S(=O)(=O)O)c1)Oc1c(Cl)c3c(c(Cl)c1=N2)Oc1c(ccc(Nc2ccc(N=c4nc(Cl)nc(Cl)[nH]4)cc2S(=O)(=O)O)c1S(=O)(=O)O)N=3. The van der Waals surface area contributed by atoms with Crippen LogP contribution in [0.15, 0.2) is 100 Å². The van der Waals surface area contributed by atoms with E-state index in [4.69, 9.17) is 79.1 Å². The molecule has 36 heteroatoms. The summed E-state index contributed by atoms with van der Waals surface area (Å²) in [6.45, 7) is 0. The number of rotatable bonds is 10. The van der Waals surface area contributed by atoms with Gasteiger partial charge in [0.15, 0.2) is 27.9 Å². The number of fused-ring (bicyclic) bond motifs is 4. The molecule has 26 nitrogen and oxygen atoms in total. The lowest BCUT2D eigenvalue weighted by molar-refractivity contribution is 0.428. The number of hydrogen-bond donors (Lipinski definition) is 8. The second-order valence-electron chi connectivity index (χ2n) is 14.2. The van der Waals surface area contributed by atoms with Crippen molar-refractivity contribution in [3.8, 4) is 23.0 Å². The van der Waals surface area contributed by atoms with Crippen LogP contribution in [0.3, 0.4) is 0 Å². The number of halogens is 6. The molecule has 2 aliphatic heterocycles. The summed E-state index contributed by atoms with van der Waals surface area (Å²) in [5.41, 5.74) is -3.03. The number of H-pyrrole nitrogens is 2. The molecule has 0 bridgehead atoms. The van der Waals surface area contributed by atoms with Crippen molar-refractivity contribution in [2.45, 2.75) is 19.6 Å². The van der Waals surface area contributed by atoms with E-state index in [-0.39, 0.29) is 66.2 Å². The van der Waals surface area contributed by atoms with E-state index in [0.29, 0.717) is 0 Å². The fourth-order valence-electron chi connectivity index (χ4n) is 6.71. The monoisotopic (exact) mass is 1180 g/mol. The Hall–Kier alpha value is -6.10. The number of nitrogens with one attached hydrogen (secondary N) is 4. The smallest absolute Gasteiger partial charge is 0.300 e. The quantitative estimate of drug-likeness (QED) is 0.0645. The van der Waals surface area contributed by atoms with Crippen LogP contribution in [0.1, 0.15) is 0 Å². The molecule has 0 fully saturated rings. The summed E-state index contributed by atoms with van der Waals surface area (Å²) in [6.07, 6.45) is 0. The van der Waals surface area contributed by atoms with Gasteiger partial charge in [0.25, 0.3) is 40.5 Å². The van der Waals surface area contributed by atoms with Crippen molar-refractivity contribution in [1.29, 1.82) is 0 Å². The summed E-state index contributed by atoms with van der Waals surface area (Å²) in [5, 5.41) is 2.42. The Labute approximate surface area is 430 Å². The lowest BCUT2D eigenvalue weighted by atomic mass is 10.1. The minimum absolute atomic E-state index is 0.108. The number of anilines is 4. The Morgan fingerprint density at radius 2 is 0.944 bits per heavy atom.